The number of guanidine groups is 1. The predicted octanol–water partition coefficient (Wildman–Crippen LogP) is 1.51. The van der Waals surface area contributed by atoms with Crippen LogP contribution >= 0.6 is 15.9 Å². The third-order valence-corrected chi connectivity index (χ3v) is 3.21. The number of aryl methyl sites for hydroxylation is 1. The van der Waals surface area contributed by atoms with E-state index in [1.54, 1.807) is 14.2 Å². The molecule has 1 aromatic carbocycles. The Labute approximate surface area is 133 Å². The van der Waals surface area contributed by atoms with Crippen molar-refractivity contribution in [3.05, 3.63) is 28.2 Å². The molecular formula is C14H21BrN4O2. The highest BCUT2D eigenvalue weighted by molar-refractivity contribution is 9.10. The van der Waals surface area contributed by atoms with Crippen molar-refractivity contribution >= 4 is 33.5 Å². The first kappa shape index (κ1) is 17.5. The fraction of sp³-hybridized carbons (Fsp3) is 0.429. The minimum absolute atomic E-state index is 0.133. The Bertz CT molecular complexity index is 506. The molecule has 0 bridgehead atoms. The van der Waals surface area contributed by atoms with E-state index in [1.165, 1.54) is 0 Å². The average Bonchev–Trinajstić information content (AvgIpc) is 2.46. The minimum atomic E-state index is -0.133. The molecule has 0 radical (unpaired) electrons. The first-order valence-electron chi connectivity index (χ1n) is 6.56. The monoisotopic (exact) mass is 356 g/mol. The second-order valence-electron chi connectivity index (χ2n) is 4.35. The normalized spacial score (nSPS) is 11.1. The van der Waals surface area contributed by atoms with Crippen molar-refractivity contribution in [1.29, 1.82) is 0 Å². The van der Waals surface area contributed by atoms with Gasteiger partial charge in [0.2, 0.25) is 5.91 Å². The fourth-order valence-corrected chi connectivity index (χ4v) is 1.94. The van der Waals surface area contributed by atoms with Crippen molar-refractivity contribution in [3.63, 3.8) is 0 Å². The van der Waals surface area contributed by atoms with E-state index in [0.29, 0.717) is 19.1 Å². The Morgan fingerprint density at radius 3 is 2.81 bits per heavy atom. The lowest BCUT2D eigenvalue weighted by Gasteiger charge is -2.12. The van der Waals surface area contributed by atoms with Gasteiger partial charge in [-0.05, 0) is 24.6 Å². The van der Waals surface area contributed by atoms with Crippen LogP contribution in [0.4, 0.5) is 5.69 Å². The Morgan fingerprint density at radius 1 is 1.38 bits per heavy atom. The van der Waals surface area contributed by atoms with E-state index in [9.17, 15) is 4.79 Å². The molecule has 7 heteroatoms. The molecule has 0 fully saturated rings. The standard InChI is InChI=1S/C14H21BrN4O2/c1-10-4-5-11(15)8-12(10)19-13(20)9-18-14(16-2)17-6-7-21-3/h4-5,8H,6-7,9H2,1-3H3,(H,19,20)(H2,16,17,18). The average molecular weight is 357 g/mol. The number of halogens is 1. The summed E-state index contributed by atoms with van der Waals surface area (Å²) >= 11 is 3.39. The van der Waals surface area contributed by atoms with Gasteiger partial charge in [-0.25, -0.2) is 0 Å². The van der Waals surface area contributed by atoms with Crippen molar-refractivity contribution in [3.8, 4) is 0 Å². The number of nitrogens with zero attached hydrogens (tertiary/aromatic N) is 1. The molecular weight excluding hydrogens is 336 g/mol. The van der Waals surface area contributed by atoms with E-state index in [-0.39, 0.29) is 12.5 Å². The first-order chi connectivity index (χ1) is 10.1. The molecule has 0 heterocycles. The van der Waals surface area contributed by atoms with Gasteiger partial charge in [-0.1, -0.05) is 22.0 Å². The summed E-state index contributed by atoms with van der Waals surface area (Å²) in [6.07, 6.45) is 0. The molecule has 21 heavy (non-hydrogen) atoms. The van der Waals surface area contributed by atoms with Crippen LogP contribution < -0.4 is 16.0 Å². The van der Waals surface area contributed by atoms with Crippen LogP contribution in [0.25, 0.3) is 0 Å². The van der Waals surface area contributed by atoms with Crippen molar-refractivity contribution in [1.82, 2.24) is 10.6 Å². The van der Waals surface area contributed by atoms with Crippen LogP contribution in [0.3, 0.4) is 0 Å². The summed E-state index contributed by atoms with van der Waals surface area (Å²) in [6, 6.07) is 5.75. The van der Waals surface area contributed by atoms with Crippen LogP contribution in [0.2, 0.25) is 0 Å². The molecule has 0 saturated heterocycles. The summed E-state index contributed by atoms with van der Waals surface area (Å²) in [5.41, 5.74) is 1.80. The van der Waals surface area contributed by atoms with Gasteiger partial charge in [0.05, 0.1) is 13.2 Å². The van der Waals surface area contributed by atoms with E-state index in [0.717, 1.165) is 15.7 Å². The molecule has 0 aliphatic rings. The first-order valence-corrected chi connectivity index (χ1v) is 7.35. The summed E-state index contributed by atoms with van der Waals surface area (Å²) in [5, 5.41) is 8.84. The van der Waals surface area contributed by atoms with Crippen LogP contribution in [0.1, 0.15) is 5.56 Å². The van der Waals surface area contributed by atoms with Crippen molar-refractivity contribution < 1.29 is 9.53 Å². The Hall–Kier alpha value is -1.60. The summed E-state index contributed by atoms with van der Waals surface area (Å²) in [4.78, 5) is 16.0. The third-order valence-electron chi connectivity index (χ3n) is 2.71. The molecule has 0 aromatic heterocycles. The van der Waals surface area contributed by atoms with Crippen molar-refractivity contribution in [2.45, 2.75) is 6.92 Å². The SMILES string of the molecule is CN=C(NCCOC)NCC(=O)Nc1cc(Br)ccc1C. The number of carbonyl (C=O) groups excluding carboxylic acids is 1. The number of benzene rings is 1. The lowest BCUT2D eigenvalue weighted by molar-refractivity contribution is -0.115. The quantitative estimate of drug-likeness (QED) is 0.410. The minimum Gasteiger partial charge on any atom is -0.383 e. The Morgan fingerprint density at radius 2 is 2.14 bits per heavy atom. The molecule has 0 saturated carbocycles. The molecule has 1 rings (SSSR count). The van der Waals surface area contributed by atoms with Crippen molar-refractivity contribution in [2.75, 3.05) is 39.2 Å². The topological polar surface area (TPSA) is 74.8 Å². The maximum absolute atomic E-state index is 11.9. The van der Waals surface area contributed by atoms with E-state index in [4.69, 9.17) is 4.74 Å². The van der Waals surface area contributed by atoms with Gasteiger partial charge in [0, 0.05) is 30.9 Å². The molecule has 0 unspecified atom stereocenters. The highest BCUT2D eigenvalue weighted by atomic mass is 79.9. The van der Waals surface area contributed by atoms with Crippen LogP contribution in [0.15, 0.2) is 27.7 Å². The number of hydrogen-bond acceptors (Lipinski definition) is 3. The van der Waals surface area contributed by atoms with Crippen LogP contribution in [-0.2, 0) is 9.53 Å². The molecule has 0 aliphatic carbocycles. The van der Waals surface area contributed by atoms with Crippen LogP contribution in [0, 0.1) is 6.92 Å². The molecule has 3 N–H and O–H groups in total. The van der Waals surface area contributed by atoms with Gasteiger partial charge in [-0.15, -0.1) is 0 Å². The van der Waals surface area contributed by atoms with Gasteiger partial charge in [-0.3, -0.25) is 9.79 Å². The summed E-state index contributed by atoms with van der Waals surface area (Å²) in [5.74, 6) is 0.430. The number of carbonyl (C=O) groups is 1. The molecule has 0 aliphatic heterocycles. The molecule has 1 amide bonds. The van der Waals surface area contributed by atoms with E-state index >= 15 is 0 Å². The molecule has 6 nitrogen and oxygen atoms in total. The zero-order valence-electron chi connectivity index (χ0n) is 12.5. The van der Waals surface area contributed by atoms with Gasteiger partial charge in [0.15, 0.2) is 5.96 Å². The number of hydrogen-bond donors (Lipinski definition) is 3. The maximum atomic E-state index is 11.9. The van der Waals surface area contributed by atoms with Gasteiger partial charge in [0.1, 0.15) is 0 Å². The summed E-state index contributed by atoms with van der Waals surface area (Å²) < 4.78 is 5.86. The van der Waals surface area contributed by atoms with E-state index < -0.39 is 0 Å². The van der Waals surface area contributed by atoms with Crippen LogP contribution in [0.5, 0.6) is 0 Å². The van der Waals surface area contributed by atoms with Gasteiger partial charge >= 0.3 is 0 Å². The summed E-state index contributed by atoms with van der Waals surface area (Å²) in [6.45, 7) is 3.28. The second-order valence-corrected chi connectivity index (χ2v) is 5.27. The summed E-state index contributed by atoms with van der Waals surface area (Å²) in [7, 11) is 3.28. The lowest BCUT2D eigenvalue weighted by Crippen LogP contribution is -2.42. The number of nitrogens with one attached hydrogen (secondary N) is 3. The van der Waals surface area contributed by atoms with E-state index in [1.807, 2.05) is 25.1 Å². The number of rotatable bonds is 6. The van der Waals surface area contributed by atoms with E-state index in [2.05, 4.69) is 36.9 Å². The zero-order valence-corrected chi connectivity index (χ0v) is 14.1. The Balaban J connectivity index is 2.44. The second kappa shape index (κ2) is 9.36. The fourth-order valence-electron chi connectivity index (χ4n) is 1.58. The van der Waals surface area contributed by atoms with Gasteiger partial charge in [-0.2, -0.15) is 0 Å². The third kappa shape index (κ3) is 6.59. The van der Waals surface area contributed by atoms with Crippen molar-refractivity contribution in [2.24, 2.45) is 4.99 Å². The lowest BCUT2D eigenvalue weighted by atomic mass is 10.2. The smallest absolute Gasteiger partial charge is 0.243 e. The maximum Gasteiger partial charge on any atom is 0.243 e. The molecule has 1 aromatic rings. The number of aliphatic imine (C=N–C) groups is 1. The molecule has 0 spiro atoms. The van der Waals surface area contributed by atoms with Gasteiger partial charge < -0.3 is 20.7 Å². The number of amides is 1. The predicted molar refractivity (Wildman–Crippen MR) is 88.7 cm³/mol. The zero-order chi connectivity index (χ0) is 15.7. The highest BCUT2D eigenvalue weighted by Crippen LogP contribution is 2.20. The number of ether oxygens (including phenoxy) is 1. The van der Waals surface area contributed by atoms with Crippen LogP contribution in [-0.4, -0.2) is 45.7 Å². The highest BCUT2D eigenvalue weighted by Gasteiger charge is 2.06. The van der Waals surface area contributed by atoms with Gasteiger partial charge in [0.25, 0.3) is 0 Å². The number of methoxy groups -OCH3 is 1. The largest absolute Gasteiger partial charge is 0.383 e. The molecule has 116 valence electrons. The Kier molecular flexibility index (Phi) is 7.78. The number of anilines is 1. The molecule has 0 atom stereocenters.